The molecule has 1 aromatic rings. The number of carboxylic acid groups (broad SMARTS) is 1. The van der Waals surface area contributed by atoms with Gasteiger partial charge in [0.05, 0.1) is 22.4 Å². The second-order valence-electron chi connectivity index (χ2n) is 4.70. The van der Waals surface area contributed by atoms with Crippen molar-refractivity contribution in [3.8, 4) is 0 Å². The number of hydrogen-bond acceptors (Lipinski definition) is 2. The van der Waals surface area contributed by atoms with Crippen LogP contribution in [0.4, 0.5) is 0 Å². The molecule has 0 saturated heterocycles. The molecule has 0 radical (unpaired) electrons. The third kappa shape index (κ3) is 3.61. The summed E-state index contributed by atoms with van der Waals surface area (Å²) in [6, 6.07) is 5.02. The molecule has 0 bridgehead atoms. The Hall–Kier alpha value is -1.26. The van der Waals surface area contributed by atoms with Gasteiger partial charge in [-0.15, -0.1) is 0 Å². The summed E-state index contributed by atoms with van der Waals surface area (Å²) in [5.74, 6) is -1.25. The van der Waals surface area contributed by atoms with Gasteiger partial charge in [-0.05, 0) is 30.5 Å². The van der Waals surface area contributed by atoms with Crippen LogP contribution in [-0.2, 0) is 16.0 Å². The number of amides is 1. The van der Waals surface area contributed by atoms with E-state index < -0.39 is 5.97 Å². The van der Waals surface area contributed by atoms with Crippen molar-refractivity contribution in [1.82, 2.24) is 5.32 Å². The molecular formula is C13H13Cl2NO3. The van der Waals surface area contributed by atoms with Crippen molar-refractivity contribution < 1.29 is 14.7 Å². The molecule has 0 atom stereocenters. The summed E-state index contributed by atoms with van der Waals surface area (Å²) in [6.07, 6.45) is 1.22. The maximum Gasteiger partial charge on any atom is 0.306 e. The zero-order chi connectivity index (χ0) is 14.0. The molecule has 4 nitrogen and oxygen atoms in total. The standard InChI is InChI=1S/C13H13Cl2NO3/c14-10-2-1-7(3-11(10)15)4-12(17)16-9-5-8(6-9)13(18)19/h1-3,8-9H,4-6H2,(H,16,17)(H,18,19). The number of halogens is 2. The molecule has 1 saturated carbocycles. The van der Waals surface area contributed by atoms with Crippen molar-refractivity contribution in [3.63, 3.8) is 0 Å². The smallest absolute Gasteiger partial charge is 0.306 e. The first-order chi connectivity index (χ1) is 8.95. The van der Waals surface area contributed by atoms with Crippen LogP contribution in [0.1, 0.15) is 18.4 Å². The summed E-state index contributed by atoms with van der Waals surface area (Å²) in [4.78, 5) is 22.4. The molecule has 0 spiro atoms. The molecule has 2 rings (SSSR count). The van der Waals surface area contributed by atoms with Crippen LogP contribution in [0.3, 0.4) is 0 Å². The van der Waals surface area contributed by atoms with Gasteiger partial charge < -0.3 is 10.4 Å². The van der Waals surface area contributed by atoms with Crippen LogP contribution < -0.4 is 5.32 Å². The topological polar surface area (TPSA) is 66.4 Å². The Labute approximate surface area is 120 Å². The van der Waals surface area contributed by atoms with Crippen LogP contribution in [0, 0.1) is 5.92 Å². The van der Waals surface area contributed by atoms with Crippen molar-refractivity contribution in [2.45, 2.75) is 25.3 Å². The minimum Gasteiger partial charge on any atom is -0.481 e. The molecule has 0 aliphatic heterocycles. The van der Waals surface area contributed by atoms with Crippen LogP contribution in [-0.4, -0.2) is 23.0 Å². The van der Waals surface area contributed by atoms with Crippen LogP contribution in [0.15, 0.2) is 18.2 Å². The van der Waals surface area contributed by atoms with Gasteiger partial charge in [0.2, 0.25) is 5.91 Å². The molecule has 0 heterocycles. The SMILES string of the molecule is O=C(Cc1ccc(Cl)c(Cl)c1)NC1CC(C(=O)O)C1. The molecule has 1 aliphatic carbocycles. The predicted octanol–water partition coefficient (Wildman–Crippen LogP) is 2.52. The van der Waals surface area contributed by atoms with E-state index in [4.69, 9.17) is 28.3 Å². The number of carboxylic acids is 1. The summed E-state index contributed by atoms with van der Waals surface area (Å²) in [5.41, 5.74) is 0.779. The highest BCUT2D eigenvalue weighted by Crippen LogP contribution is 2.27. The van der Waals surface area contributed by atoms with Gasteiger partial charge in [0, 0.05) is 6.04 Å². The van der Waals surface area contributed by atoms with Crippen LogP contribution in [0.25, 0.3) is 0 Å². The van der Waals surface area contributed by atoms with Crippen LogP contribution >= 0.6 is 23.2 Å². The number of aliphatic carboxylic acids is 1. The van der Waals surface area contributed by atoms with E-state index >= 15 is 0 Å². The van der Waals surface area contributed by atoms with Crippen molar-refractivity contribution in [2.75, 3.05) is 0 Å². The Bertz CT molecular complexity index is 513. The van der Waals surface area contributed by atoms with Crippen molar-refractivity contribution in [3.05, 3.63) is 33.8 Å². The lowest BCUT2D eigenvalue weighted by Gasteiger charge is -2.32. The number of hydrogen-bond donors (Lipinski definition) is 2. The summed E-state index contributed by atoms with van der Waals surface area (Å²) < 4.78 is 0. The van der Waals surface area contributed by atoms with Gasteiger partial charge in [0.25, 0.3) is 0 Å². The lowest BCUT2D eigenvalue weighted by molar-refractivity contribution is -0.146. The fourth-order valence-corrected chi connectivity index (χ4v) is 2.37. The third-order valence-corrected chi connectivity index (χ3v) is 3.94. The monoisotopic (exact) mass is 301 g/mol. The van der Waals surface area contributed by atoms with Crippen LogP contribution in [0.5, 0.6) is 0 Å². The Kier molecular flexibility index (Phi) is 4.32. The fraction of sp³-hybridized carbons (Fsp3) is 0.385. The molecule has 0 aromatic heterocycles. The van der Waals surface area contributed by atoms with Crippen LogP contribution in [0.2, 0.25) is 10.0 Å². The second kappa shape index (κ2) is 5.80. The highest BCUT2D eigenvalue weighted by molar-refractivity contribution is 6.42. The summed E-state index contributed by atoms with van der Waals surface area (Å²) in [7, 11) is 0. The highest BCUT2D eigenvalue weighted by atomic mass is 35.5. The average molecular weight is 302 g/mol. The van der Waals surface area contributed by atoms with E-state index in [2.05, 4.69) is 5.32 Å². The van der Waals surface area contributed by atoms with Gasteiger partial charge in [0.15, 0.2) is 0 Å². The molecular weight excluding hydrogens is 289 g/mol. The molecule has 1 aromatic carbocycles. The van der Waals surface area contributed by atoms with E-state index in [0.29, 0.717) is 22.9 Å². The lowest BCUT2D eigenvalue weighted by Crippen LogP contribution is -2.47. The lowest BCUT2D eigenvalue weighted by atomic mass is 9.80. The van der Waals surface area contributed by atoms with E-state index in [1.807, 2.05) is 0 Å². The van der Waals surface area contributed by atoms with Crippen molar-refractivity contribution in [1.29, 1.82) is 0 Å². The normalized spacial score (nSPS) is 21.6. The molecule has 1 aliphatic rings. The van der Waals surface area contributed by atoms with E-state index in [1.165, 1.54) is 0 Å². The number of carbonyl (C=O) groups excluding carboxylic acids is 1. The Morgan fingerprint density at radius 1 is 1.26 bits per heavy atom. The maximum absolute atomic E-state index is 11.8. The van der Waals surface area contributed by atoms with E-state index in [1.54, 1.807) is 18.2 Å². The molecule has 1 amide bonds. The van der Waals surface area contributed by atoms with Crippen molar-refractivity contribution >= 4 is 35.1 Å². The Balaban J connectivity index is 1.82. The first-order valence-electron chi connectivity index (χ1n) is 5.92. The zero-order valence-corrected chi connectivity index (χ0v) is 11.5. The molecule has 6 heteroatoms. The molecule has 0 unspecified atom stereocenters. The zero-order valence-electron chi connectivity index (χ0n) is 10.0. The molecule has 19 heavy (non-hydrogen) atoms. The molecule has 2 N–H and O–H groups in total. The molecule has 1 fully saturated rings. The van der Waals surface area contributed by atoms with E-state index in [-0.39, 0.29) is 24.3 Å². The largest absolute Gasteiger partial charge is 0.481 e. The first kappa shape index (κ1) is 14.2. The minimum atomic E-state index is -0.796. The Morgan fingerprint density at radius 2 is 1.95 bits per heavy atom. The van der Waals surface area contributed by atoms with Gasteiger partial charge in [-0.1, -0.05) is 29.3 Å². The third-order valence-electron chi connectivity index (χ3n) is 3.20. The van der Waals surface area contributed by atoms with E-state index in [0.717, 1.165) is 5.56 Å². The van der Waals surface area contributed by atoms with Gasteiger partial charge >= 0.3 is 5.97 Å². The average Bonchev–Trinajstić information content (AvgIpc) is 2.27. The van der Waals surface area contributed by atoms with Gasteiger partial charge in [-0.3, -0.25) is 9.59 Å². The summed E-state index contributed by atoms with van der Waals surface area (Å²) in [6.45, 7) is 0. The maximum atomic E-state index is 11.8. The number of rotatable bonds is 4. The highest BCUT2D eigenvalue weighted by Gasteiger charge is 2.35. The van der Waals surface area contributed by atoms with Gasteiger partial charge in [-0.2, -0.15) is 0 Å². The molecule has 102 valence electrons. The summed E-state index contributed by atoms with van der Waals surface area (Å²) >= 11 is 11.7. The quantitative estimate of drug-likeness (QED) is 0.898. The number of benzene rings is 1. The number of carbonyl (C=O) groups is 2. The fourth-order valence-electron chi connectivity index (χ4n) is 2.05. The van der Waals surface area contributed by atoms with Gasteiger partial charge in [0.1, 0.15) is 0 Å². The second-order valence-corrected chi connectivity index (χ2v) is 5.51. The minimum absolute atomic E-state index is 0.0311. The summed E-state index contributed by atoms with van der Waals surface area (Å²) in [5, 5.41) is 12.4. The van der Waals surface area contributed by atoms with E-state index in [9.17, 15) is 9.59 Å². The number of nitrogens with one attached hydrogen (secondary N) is 1. The van der Waals surface area contributed by atoms with Crippen molar-refractivity contribution in [2.24, 2.45) is 5.92 Å². The first-order valence-corrected chi connectivity index (χ1v) is 6.67. The Morgan fingerprint density at radius 3 is 2.53 bits per heavy atom. The van der Waals surface area contributed by atoms with Gasteiger partial charge in [-0.25, -0.2) is 0 Å². The predicted molar refractivity (Wildman–Crippen MR) is 72.5 cm³/mol.